The third kappa shape index (κ3) is 2.09. The molecule has 20 heavy (non-hydrogen) atoms. The smallest absolute Gasteiger partial charge is 0.323 e. The van der Waals surface area contributed by atoms with E-state index in [1.54, 1.807) is 4.57 Å². The number of aryl methyl sites for hydroxylation is 1. The van der Waals surface area contributed by atoms with Crippen LogP contribution in [0.25, 0.3) is 21.7 Å². The molecule has 0 aliphatic heterocycles. The van der Waals surface area contributed by atoms with Crippen molar-refractivity contribution >= 4 is 39.9 Å². The van der Waals surface area contributed by atoms with Crippen LogP contribution in [0.15, 0.2) is 29.6 Å². The van der Waals surface area contributed by atoms with Gasteiger partial charge in [-0.1, -0.05) is 23.7 Å². The van der Waals surface area contributed by atoms with Crippen LogP contribution in [0.1, 0.15) is 5.56 Å². The van der Waals surface area contributed by atoms with Crippen molar-refractivity contribution in [3.8, 4) is 10.7 Å². The molecule has 2 aromatic heterocycles. The zero-order valence-corrected chi connectivity index (χ0v) is 12.2. The summed E-state index contributed by atoms with van der Waals surface area (Å²) >= 11 is 7.77. The lowest BCUT2D eigenvalue weighted by molar-refractivity contribution is -0.137. The fourth-order valence-corrected chi connectivity index (χ4v) is 3.40. The van der Waals surface area contributed by atoms with Gasteiger partial charge in [0.2, 0.25) is 0 Å². The topological polar surface area (TPSA) is 55.1 Å². The molecule has 3 aromatic rings. The maximum Gasteiger partial charge on any atom is 0.323 e. The van der Waals surface area contributed by atoms with Gasteiger partial charge >= 0.3 is 5.97 Å². The van der Waals surface area contributed by atoms with Crippen LogP contribution < -0.4 is 0 Å². The molecule has 0 unspecified atom stereocenters. The lowest BCUT2D eigenvalue weighted by Gasteiger charge is -2.05. The number of aliphatic carboxylic acids is 1. The van der Waals surface area contributed by atoms with Crippen LogP contribution in [0.2, 0.25) is 5.02 Å². The summed E-state index contributed by atoms with van der Waals surface area (Å²) in [6, 6.07) is 7.48. The highest BCUT2D eigenvalue weighted by molar-refractivity contribution is 7.14. The number of para-hydroxylation sites is 2. The first-order chi connectivity index (χ1) is 9.58. The number of rotatable bonds is 3. The Bertz CT molecular complexity index is 807. The monoisotopic (exact) mass is 306 g/mol. The molecule has 4 nitrogen and oxygen atoms in total. The standard InChI is InChI=1S/C14H11ClN2O2S/c1-8-7-20-13(12(8)15)14-16-9-4-2-3-5-10(9)17(14)6-11(18)19/h2-5,7H,6H2,1H3,(H,18,19). The number of thiophene rings is 1. The molecule has 0 saturated carbocycles. The molecule has 0 atom stereocenters. The van der Waals surface area contributed by atoms with E-state index in [4.69, 9.17) is 16.7 Å². The zero-order valence-electron chi connectivity index (χ0n) is 10.6. The molecule has 0 amide bonds. The SMILES string of the molecule is Cc1csc(-c2nc3ccccc3n2CC(=O)O)c1Cl. The van der Waals surface area contributed by atoms with Gasteiger partial charge in [-0.3, -0.25) is 4.79 Å². The third-order valence-electron chi connectivity index (χ3n) is 3.05. The van der Waals surface area contributed by atoms with E-state index in [2.05, 4.69) is 4.98 Å². The highest BCUT2D eigenvalue weighted by atomic mass is 35.5. The van der Waals surface area contributed by atoms with Crippen molar-refractivity contribution in [1.29, 1.82) is 0 Å². The van der Waals surface area contributed by atoms with Crippen LogP contribution in [0, 0.1) is 6.92 Å². The maximum atomic E-state index is 11.1. The van der Waals surface area contributed by atoms with Gasteiger partial charge in [0.15, 0.2) is 5.82 Å². The molecule has 0 aliphatic rings. The van der Waals surface area contributed by atoms with E-state index in [1.165, 1.54) is 11.3 Å². The van der Waals surface area contributed by atoms with Crippen LogP contribution in [0.3, 0.4) is 0 Å². The Hall–Kier alpha value is -1.85. The zero-order chi connectivity index (χ0) is 14.3. The predicted octanol–water partition coefficient (Wildman–Crippen LogP) is 3.81. The van der Waals surface area contributed by atoms with Crippen molar-refractivity contribution in [3.05, 3.63) is 40.2 Å². The van der Waals surface area contributed by atoms with E-state index in [-0.39, 0.29) is 6.54 Å². The van der Waals surface area contributed by atoms with Crippen molar-refractivity contribution < 1.29 is 9.90 Å². The molecule has 3 rings (SSSR count). The highest BCUT2D eigenvalue weighted by Crippen LogP contribution is 2.37. The minimum absolute atomic E-state index is 0.136. The summed E-state index contributed by atoms with van der Waals surface area (Å²) in [4.78, 5) is 16.4. The van der Waals surface area contributed by atoms with Crippen LogP contribution in [0.4, 0.5) is 0 Å². The number of benzene rings is 1. The fraction of sp³-hybridized carbons (Fsp3) is 0.143. The number of imidazole rings is 1. The number of carboxylic acid groups (broad SMARTS) is 1. The van der Waals surface area contributed by atoms with Crippen molar-refractivity contribution in [2.75, 3.05) is 0 Å². The van der Waals surface area contributed by atoms with Crippen molar-refractivity contribution in [2.24, 2.45) is 0 Å². The van der Waals surface area contributed by atoms with Crippen LogP contribution in [0.5, 0.6) is 0 Å². The molecule has 0 aliphatic carbocycles. The second-order valence-corrected chi connectivity index (χ2v) is 5.72. The second kappa shape index (κ2) is 4.92. The number of fused-ring (bicyclic) bond motifs is 1. The predicted molar refractivity (Wildman–Crippen MR) is 80.4 cm³/mol. The molecule has 0 bridgehead atoms. The van der Waals surface area contributed by atoms with Crippen molar-refractivity contribution in [2.45, 2.75) is 13.5 Å². The Labute approximate surface area is 124 Å². The average Bonchev–Trinajstić information content (AvgIpc) is 2.92. The summed E-state index contributed by atoms with van der Waals surface area (Å²) in [5.41, 5.74) is 2.54. The van der Waals surface area contributed by atoms with E-state index in [9.17, 15) is 4.79 Å². The highest BCUT2D eigenvalue weighted by Gasteiger charge is 2.18. The van der Waals surface area contributed by atoms with Gasteiger partial charge in [-0.05, 0) is 30.0 Å². The molecule has 0 fully saturated rings. The number of halogens is 1. The number of carboxylic acids is 1. The van der Waals surface area contributed by atoms with Gasteiger partial charge < -0.3 is 9.67 Å². The average molecular weight is 307 g/mol. The Morgan fingerprint density at radius 3 is 2.85 bits per heavy atom. The Morgan fingerprint density at radius 1 is 1.45 bits per heavy atom. The molecular weight excluding hydrogens is 296 g/mol. The lowest BCUT2D eigenvalue weighted by Crippen LogP contribution is -2.09. The van der Waals surface area contributed by atoms with Gasteiger partial charge in [-0.2, -0.15) is 0 Å². The van der Waals surface area contributed by atoms with Gasteiger partial charge in [0, 0.05) is 0 Å². The first-order valence-corrected chi connectivity index (χ1v) is 7.24. The number of nitrogens with zero attached hydrogens (tertiary/aromatic N) is 2. The van der Waals surface area contributed by atoms with E-state index in [0.29, 0.717) is 10.8 Å². The van der Waals surface area contributed by atoms with E-state index >= 15 is 0 Å². The summed E-state index contributed by atoms with van der Waals surface area (Å²) < 4.78 is 1.69. The molecule has 102 valence electrons. The molecule has 0 saturated heterocycles. The van der Waals surface area contributed by atoms with Gasteiger partial charge in [0.25, 0.3) is 0 Å². The Kier molecular flexibility index (Phi) is 3.23. The number of carbonyl (C=O) groups is 1. The summed E-state index contributed by atoms with van der Waals surface area (Å²) in [5, 5.41) is 11.7. The maximum absolute atomic E-state index is 11.1. The fourth-order valence-electron chi connectivity index (χ4n) is 2.12. The molecule has 2 heterocycles. The van der Waals surface area contributed by atoms with E-state index in [1.807, 2.05) is 36.6 Å². The quantitative estimate of drug-likeness (QED) is 0.800. The molecule has 1 N–H and O–H groups in total. The summed E-state index contributed by atoms with van der Waals surface area (Å²) in [6.07, 6.45) is 0. The Morgan fingerprint density at radius 2 is 2.20 bits per heavy atom. The second-order valence-electron chi connectivity index (χ2n) is 4.47. The normalized spacial score (nSPS) is 11.1. The molecule has 0 radical (unpaired) electrons. The molecule has 6 heteroatoms. The summed E-state index contributed by atoms with van der Waals surface area (Å²) in [5.74, 6) is -0.296. The summed E-state index contributed by atoms with van der Waals surface area (Å²) in [7, 11) is 0. The van der Waals surface area contributed by atoms with Gasteiger partial charge in [0.1, 0.15) is 6.54 Å². The summed E-state index contributed by atoms with van der Waals surface area (Å²) in [6.45, 7) is 1.79. The van der Waals surface area contributed by atoms with E-state index in [0.717, 1.165) is 21.5 Å². The number of hydrogen-bond acceptors (Lipinski definition) is 3. The van der Waals surface area contributed by atoms with Crippen molar-refractivity contribution in [1.82, 2.24) is 9.55 Å². The van der Waals surface area contributed by atoms with Gasteiger partial charge in [0.05, 0.1) is 20.9 Å². The van der Waals surface area contributed by atoms with Crippen LogP contribution in [-0.2, 0) is 11.3 Å². The largest absolute Gasteiger partial charge is 0.480 e. The lowest BCUT2D eigenvalue weighted by atomic mass is 10.3. The first kappa shape index (κ1) is 13.1. The van der Waals surface area contributed by atoms with Crippen LogP contribution >= 0.6 is 22.9 Å². The third-order valence-corrected chi connectivity index (χ3v) is 4.74. The molecule has 1 aromatic carbocycles. The number of hydrogen-bond donors (Lipinski definition) is 1. The molecule has 0 spiro atoms. The Balaban J connectivity index is 2.29. The van der Waals surface area contributed by atoms with E-state index < -0.39 is 5.97 Å². The number of aromatic nitrogens is 2. The van der Waals surface area contributed by atoms with Gasteiger partial charge in [-0.15, -0.1) is 11.3 Å². The minimum atomic E-state index is -0.904. The molecular formula is C14H11ClN2O2S. The van der Waals surface area contributed by atoms with Gasteiger partial charge in [-0.25, -0.2) is 4.98 Å². The van der Waals surface area contributed by atoms with Crippen molar-refractivity contribution in [3.63, 3.8) is 0 Å². The first-order valence-electron chi connectivity index (χ1n) is 5.99. The van der Waals surface area contributed by atoms with Crippen LogP contribution in [-0.4, -0.2) is 20.6 Å². The minimum Gasteiger partial charge on any atom is -0.480 e.